The fourth-order valence-corrected chi connectivity index (χ4v) is 1.36. The number of amides is 1. The first-order valence-electron chi connectivity index (χ1n) is 5.07. The van der Waals surface area contributed by atoms with Crippen LogP contribution in [-0.2, 0) is 4.79 Å². The predicted molar refractivity (Wildman–Crippen MR) is 66.3 cm³/mol. The van der Waals surface area contributed by atoms with Gasteiger partial charge in [-0.15, -0.1) is 11.6 Å². The first-order chi connectivity index (χ1) is 7.95. The molecule has 1 unspecified atom stereocenters. The minimum atomic E-state index is -0.520. The van der Waals surface area contributed by atoms with Gasteiger partial charge in [-0.1, -0.05) is 13.0 Å². The number of nitro groups is 1. The van der Waals surface area contributed by atoms with E-state index in [1.165, 1.54) is 12.1 Å². The van der Waals surface area contributed by atoms with Gasteiger partial charge in [0.2, 0.25) is 5.91 Å². The third kappa shape index (κ3) is 3.42. The smallest absolute Gasteiger partial charge is 0.293 e. The number of anilines is 1. The molecule has 1 atom stereocenters. The van der Waals surface area contributed by atoms with E-state index in [-0.39, 0.29) is 23.2 Å². The highest BCUT2D eigenvalue weighted by Crippen LogP contribution is 2.25. The van der Waals surface area contributed by atoms with Crippen LogP contribution in [0.3, 0.4) is 0 Å². The molecule has 6 heteroatoms. The molecule has 1 aromatic rings. The number of nitro benzene ring substituents is 1. The molecule has 92 valence electrons. The Labute approximate surface area is 104 Å². The molecule has 0 radical (unpaired) electrons. The number of benzene rings is 1. The van der Waals surface area contributed by atoms with Crippen LogP contribution < -0.4 is 5.32 Å². The SMILES string of the molecule is Cc1ccc(NC(=O)C(C)CCl)c([N+](=O)[O-])c1. The largest absolute Gasteiger partial charge is 0.320 e. The van der Waals surface area contributed by atoms with Crippen molar-refractivity contribution in [3.8, 4) is 0 Å². The number of halogens is 1. The van der Waals surface area contributed by atoms with E-state index in [9.17, 15) is 14.9 Å². The van der Waals surface area contributed by atoms with Crippen LogP contribution >= 0.6 is 11.6 Å². The van der Waals surface area contributed by atoms with Gasteiger partial charge in [-0.3, -0.25) is 14.9 Å². The van der Waals surface area contributed by atoms with Gasteiger partial charge < -0.3 is 5.32 Å². The van der Waals surface area contributed by atoms with E-state index in [0.29, 0.717) is 0 Å². The van der Waals surface area contributed by atoms with Crippen LogP contribution in [0, 0.1) is 23.0 Å². The Hall–Kier alpha value is -1.62. The second-order valence-corrected chi connectivity index (χ2v) is 4.13. The number of carbonyl (C=O) groups excluding carboxylic acids is 1. The molecule has 0 spiro atoms. The van der Waals surface area contributed by atoms with Crippen molar-refractivity contribution in [2.75, 3.05) is 11.2 Å². The summed E-state index contributed by atoms with van der Waals surface area (Å²) in [5, 5.41) is 13.3. The van der Waals surface area contributed by atoms with Crippen molar-refractivity contribution in [3.63, 3.8) is 0 Å². The summed E-state index contributed by atoms with van der Waals surface area (Å²) < 4.78 is 0. The van der Waals surface area contributed by atoms with Crippen LogP contribution in [0.2, 0.25) is 0 Å². The second-order valence-electron chi connectivity index (χ2n) is 3.82. The topological polar surface area (TPSA) is 72.2 Å². The number of nitrogens with one attached hydrogen (secondary N) is 1. The lowest BCUT2D eigenvalue weighted by Crippen LogP contribution is -2.21. The van der Waals surface area contributed by atoms with Gasteiger partial charge in [0.15, 0.2) is 0 Å². The van der Waals surface area contributed by atoms with Crippen LogP contribution in [0.5, 0.6) is 0 Å². The Balaban J connectivity index is 2.98. The molecule has 0 saturated carbocycles. The van der Waals surface area contributed by atoms with Crippen LogP contribution in [0.4, 0.5) is 11.4 Å². The Bertz CT molecular complexity index is 448. The molecule has 1 N–H and O–H groups in total. The number of rotatable bonds is 4. The number of aryl methyl sites for hydroxylation is 1. The van der Waals surface area contributed by atoms with Gasteiger partial charge in [-0.05, 0) is 18.6 Å². The highest BCUT2D eigenvalue weighted by Gasteiger charge is 2.18. The molecule has 0 heterocycles. The lowest BCUT2D eigenvalue weighted by atomic mass is 10.1. The van der Waals surface area contributed by atoms with Gasteiger partial charge in [0, 0.05) is 17.9 Å². The molecule has 0 bridgehead atoms. The van der Waals surface area contributed by atoms with Crippen molar-refractivity contribution >= 4 is 28.9 Å². The Kier molecular flexibility index (Phi) is 4.45. The average Bonchev–Trinajstić information content (AvgIpc) is 2.29. The van der Waals surface area contributed by atoms with Gasteiger partial charge in [0.25, 0.3) is 5.69 Å². The van der Waals surface area contributed by atoms with E-state index >= 15 is 0 Å². The number of alkyl halides is 1. The van der Waals surface area contributed by atoms with E-state index in [1.807, 2.05) is 0 Å². The summed E-state index contributed by atoms with van der Waals surface area (Å²) >= 11 is 5.55. The molecule has 5 nitrogen and oxygen atoms in total. The number of carbonyl (C=O) groups is 1. The zero-order valence-electron chi connectivity index (χ0n) is 9.57. The van der Waals surface area contributed by atoms with Crippen molar-refractivity contribution in [1.82, 2.24) is 0 Å². The van der Waals surface area contributed by atoms with Crippen molar-refractivity contribution in [2.45, 2.75) is 13.8 Å². The zero-order chi connectivity index (χ0) is 13.0. The predicted octanol–water partition coefficient (Wildman–Crippen LogP) is 2.72. The monoisotopic (exact) mass is 256 g/mol. The summed E-state index contributed by atoms with van der Waals surface area (Å²) in [5.41, 5.74) is 0.850. The maximum atomic E-state index is 11.6. The van der Waals surface area contributed by atoms with Crippen LogP contribution in [-0.4, -0.2) is 16.7 Å². The van der Waals surface area contributed by atoms with E-state index in [2.05, 4.69) is 5.32 Å². The molecule has 0 saturated heterocycles. The van der Waals surface area contributed by atoms with Gasteiger partial charge in [-0.2, -0.15) is 0 Å². The highest BCUT2D eigenvalue weighted by atomic mass is 35.5. The van der Waals surface area contributed by atoms with Gasteiger partial charge in [-0.25, -0.2) is 0 Å². The third-order valence-corrected chi connectivity index (χ3v) is 2.75. The van der Waals surface area contributed by atoms with E-state index < -0.39 is 10.8 Å². The maximum absolute atomic E-state index is 11.6. The molecule has 0 aliphatic carbocycles. The highest BCUT2D eigenvalue weighted by molar-refractivity contribution is 6.19. The fourth-order valence-electron chi connectivity index (χ4n) is 1.22. The van der Waals surface area contributed by atoms with Crippen LogP contribution in [0.25, 0.3) is 0 Å². The molecule has 1 rings (SSSR count). The number of hydrogen-bond acceptors (Lipinski definition) is 3. The molecule has 17 heavy (non-hydrogen) atoms. The van der Waals surface area contributed by atoms with Crippen molar-refractivity contribution in [2.24, 2.45) is 5.92 Å². The molecule has 0 aliphatic rings. The quantitative estimate of drug-likeness (QED) is 0.511. The molecular weight excluding hydrogens is 244 g/mol. The fraction of sp³-hybridized carbons (Fsp3) is 0.364. The summed E-state index contributed by atoms with van der Waals surface area (Å²) in [6.45, 7) is 3.41. The Morgan fingerprint density at radius 2 is 2.24 bits per heavy atom. The van der Waals surface area contributed by atoms with Crippen LogP contribution in [0.1, 0.15) is 12.5 Å². The molecule has 1 aromatic carbocycles. The summed E-state index contributed by atoms with van der Waals surface area (Å²) in [6, 6.07) is 4.64. The lowest BCUT2D eigenvalue weighted by molar-refractivity contribution is -0.384. The van der Waals surface area contributed by atoms with Crippen molar-refractivity contribution in [3.05, 3.63) is 33.9 Å². The zero-order valence-corrected chi connectivity index (χ0v) is 10.3. The van der Waals surface area contributed by atoms with Crippen molar-refractivity contribution in [1.29, 1.82) is 0 Å². The first-order valence-corrected chi connectivity index (χ1v) is 5.61. The molecular formula is C11H13ClN2O3. The summed E-state index contributed by atoms with van der Waals surface area (Å²) in [6.07, 6.45) is 0. The lowest BCUT2D eigenvalue weighted by Gasteiger charge is -2.09. The second kappa shape index (κ2) is 5.63. The molecule has 0 aliphatic heterocycles. The third-order valence-electron chi connectivity index (χ3n) is 2.29. The minimum absolute atomic E-state index is 0.111. The standard InChI is InChI=1S/C11H13ClN2O3/c1-7-3-4-9(10(5-7)14(16)17)13-11(15)8(2)6-12/h3-5,8H,6H2,1-2H3,(H,13,15). The molecule has 0 aromatic heterocycles. The maximum Gasteiger partial charge on any atom is 0.293 e. The van der Waals surface area contributed by atoms with Crippen LogP contribution in [0.15, 0.2) is 18.2 Å². The molecule has 1 amide bonds. The van der Waals surface area contributed by atoms with E-state index in [1.54, 1.807) is 19.9 Å². The van der Waals surface area contributed by atoms with Crippen molar-refractivity contribution < 1.29 is 9.72 Å². The Morgan fingerprint density at radius 3 is 2.76 bits per heavy atom. The van der Waals surface area contributed by atoms with E-state index in [0.717, 1.165) is 5.56 Å². The average molecular weight is 257 g/mol. The number of hydrogen-bond donors (Lipinski definition) is 1. The minimum Gasteiger partial charge on any atom is -0.320 e. The first kappa shape index (κ1) is 13.4. The number of nitrogens with zero attached hydrogens (tertiary/aromatic N) is 1. The normalized spacial score (nSPS) is 11.9. The van der Waals surface area contributed by atoms with Gasteiger partial charge in [0.05, 0.1) is 4.92 Å². The summed E-state index contributed by atoms with van der Waals surface area (Å²) in [4.78, 5) is 21.9. The van der Waals surface area contributed by atoms with E-state index in [4.69, 9.17) is 11.6 Å². The summed E-state index contributed by atoms with van der Waals surface area (Å²) in [7, 11) is 0. The van der Waals surface area contributed by atoms with Gasteiger partial charge in [0.1, 0.15) is 5.69 Å². The molecule has 0 fully saturated rings. The summed E-state index contributed by atoms with van der Waals surface area (Å²) in [5.74, 6) is -0.546. The van der Waals surface area contributed by atoms with Gasteiger partial charge >= 0.3 is 0 Å². The Morgan fingerprint density at radius 1 is 1.59 bits per heavy atom.